The molecule has 1 atom stereocenters. The lowest BCUT2D eigenvalue weighted by Crippen LogP contribution is -2.27. The van der Waals surface area contributed by atoms with Crippen molar-refractivity contribution in [3.63, 3.8) is 0 Å². The van der Waals surface area contributed by atoms with Gasteiger partial charge in [-0.15, -0.1) is 0 Å². The summed E-state index contributed by atoms with van der Waals surface area (Å²) in [6.07, 6.45) is 4.48. The molecular weight excluding hydrogens is 406 g/mol. The van der Waals surface area contributed by atoms with Crippen LogP contribution in [0.15, 0.2) is 101 Å². The predicted octanol–water partition coefficient (Wildman–Crippen LogP) is 7.52. The molecule has 1 aliphatic carbocycles. The van der Waals surface area contributed by atoms with Gasteiger partial charge in [-0.25, -0.2) is 0 Å². The van der Waals surface area contributed by atoms with E-state index < -0.39 is 0 Å². The summed E-state index contributed by atoms with van der Waals surface area (Å²) in [6, 6.07) is 28.2. The van der Waals surface area contributed by atoms with Gasteiger partial charge < -0.3 is 4.90 Å². The highest BCUT2D eigenvalue weighted by molar-refractivity contribution is 9.10. The van der Waals surface area contributed by atoms with Crippen LogP contribution in [0, 0.1) is 5.92 Å². The van der Waals surface area contributed by atoms with Gasteiger partial charge in [0.25, 0.3) is 0 Å². The molecule has 0 spiro atoms. The summed E-state index contributed by atoms with van der Waals surface area (Å²) in [5.41, 5.74) is 9.58. The monoisotopic (exact) mass is 427 g/mol. The molecule has 1 nitrogen and oxygen atoms in total. The number of hydrogen-bond donors (Lipinski definition) is 0. The quantitative estimate of drug-likeness (QED) is 0.408. The lowest BCUT2D eigenvalue weighted by Gasteiger charge is -2.39. The van der Waals surface area contributed by atoms with Crippen LogP contribution in [0.4, 0.5) is 11.4 Å². The van der Waals surface area contributed by atoms with Crippen molar-refractivity contribution in [3.05, 3.63) is 112 Å². The van der Waals surface area contributed by atoms with Gasteiger partial charge in [-0.2, -0.15) is 0 Å². The maximum atomic E-state index is 3.66. The molecular formula is C26H22BrN. The number of hydrogen-bond acceptors (Lipinski definition) is 1. The molecule has 0 N–H and O–H groups in total. The first kappa shape index (κ1) is 17.5. The molecule has 2 aliphatic rings. The summed E-state index contributed by atoms with van der Waals surface area (Å²) in [4.78, 5) is 2.47. The minimum Gasteiger partial charge on any atom is -0.314 e. The number of benzene rings is 3. The second-order valence-electron chi connectivity index (χ2n) is 7.66. The molecule has 28 heavy (non-hydrogen) atoms. The van der Waals surface area contributed by atoms with Crippen LogP contribution < -0.4 is 4.90 Å². The van der Waals surface area contributed by atoms with Crippen LogP contribution in [0.3, 0.4) is 0 Å². The number of halogens is 1. The molecule has 0 fully saturated rings. The SMILES string of the molecule is CC1CC2=C(C=C1c1ccccc1)Cc1cc(Br)ccc1N2c1ccccc1. The molecule has 0 saturated heterocycles. The first-order chi connectivity index (χ1) is 13.7. The second-order valence-corrected chi connectivity index (χ2v) is 8.58. The highest BCUT2D eigenvalue weighted by atomic mass is 79.9. The molecule has 1 unspecified atom stereocenters. The zero-order valence-corrected chi connectivity index (χ0v) is 17.5. The zero-order chi connectivity index (χ0) is 19.1. The van der Waals surface area contributed by atoms with Crippen LogP contribution >= 0.6 is 15.9 Å². The first-order valence-corrected chi connectivity index (χ1v) is 10.6. The Morgan fingerprint density at radius 3 is 2.36 bits per heavy atom. The van der Waals surface area contributed by atoms with E-state index in [1.54, 1.807) is 0 Å². The third-order valence-corrected chi connectivity index (χ3v) is 6.28. The number of nitrogens with zero attached hydrogens (tertiary/aromatic N) is 1. The van der Waals surface area contributed by atoms with E-state index in [0.717, 1.165) is 17.3 Å². The molecule has 5 rings (SSSR count). The highest BCUT2D eigenvalue weighted by Gasteiger charge is 2.30. The minimum absolute atomic E-state index is 0.490. The largest absolute Gasteiger partial charge is 0.314 e. The van der Waals surface area contributed by atoms with Crippen molar-refractivity contribution in [2.75, 3.05) is 4.90 Å². The molecule has 0 aromatic heterocycles. The molecule has 2 heteroatoms. The third kappa shape index (κ3) is 3.02. The van der Waals surface area contributed by atoms with Crippen molar-refractivity contribution < 1.29 is 0 Å². The van der Waals surface area contributed by atoms with Gasteiger partial charge in [-0.1, -0.05) is 77.5 Å². The van der Waals surface area contributed by atoms with Crippen molar-refractivity contribution in [3.8, 4) is 0 Å². The fraction of sp³-hybridized carbons (Fsp3) is 0.154. The summed E-state index contributed by atoms with van der Waals surface area (Å²) in [5, 5.41) is 0. The Morgan fingerprint density at radius 2 is 1.61 bits per heavy atom. The Morgan fingerprint density at radius 1 is 0.893 bits per heavy atom. The normalized spacial score (nSPS) is 18.4. The van der Waals surface area contributed by atoms with Gasteiger partial charge in [0.05, 0.1) is 0 Å². The van der Waals surface area contributed by atoms with Crippen LogP contribution in [0.2, 0.25) is 0 Å². The number of para-hydroxylation sites is 1. The van der Waals surface area contributed by atoms with Crippen molar-refractivity contribution in [2.24, 2.45) is 5.92 Å². The fourth-order valence-electron chi connectivity index (χ4n) is 4.47. The third-order valence-electron chi connectivity index (χ3n) is 5.79. The summed E-state index contributed by atoms with van der Waals surface area (Å²) >= 11 is 3.66. The van der Waals surface area contributed by atoms with E-state index in [4.69, 9.17) is 0 Å². The van der Waals surface area contributed by atoms with E-state index in [1.165, 1.54) is 39.3 Å². The van der Waals surface area contributed by atoms with Crippen LogP contribution in [0.5, 0.6) is 0 Å². The van der Waals surface area contributed by atoms with Crippen molar-refractivity contribution in [1.82, 2.24) is 0 Å². The van der Waals surface area contributed by atoms with Crippen molar-refractivity contribution in [2.45, 2.75) is 19.8 Å². The number of allylic oxidation sites excluding steroid dienone is 4. The van der Waals surface area contributed by atoms with Gasteiger partial charge in [0.2, 0.25) is 0 Å². The fourth-order valence-corrected chi connectivity index (χ4v) is 4.88. The lowest BCUT2D eigenvalue weighted by molar-refractivity contribution is 0.697. The average Bonchev–Trinajstić information content (AvgIpc) is 2.73. The van der Waals surface area contributed by atoms with Gasteiger partial charge in [0, 0.05) is 28.0 Å². The van der Waals surface area contributed by atoms with Gasteiger partial charge in [0.15, 0.2) is 0 Å². The molecule has 3 aromatic rings. The maximum absolute atomic E-state index is 3.66. The van der Waals surface area contributed by atoms with Crippen molar-refractivity contribution in [1.29, 1.82) is 0 Å². The second kappa shape index (κ2) is 7.10. The topological polar surface area (TPSA) is 3.24 Å². The Balaban J connectivity index is 1.68. The maximum Gasteiger partial charge on any atom is 0.0494 e. The molecule has 138 valence electrons. The van der Waals surface area contributed by atoms with Crippen LogP contribution in [0.1, 0.15) is 24.5 Å². The van der Waals surface area contributed by atoms with Gasteiger partial charge in [0.1, 0.15) is 0 Å². The van der Waals surface area contributed by atoms with E-state index in [-0.39, 0.29) is 0 Å². The first-order valence-electron chi connectivity index (χ1n) is 9.83. The Labute approximate surface area is 175 Å². The Kier molecular flexibility index (Phi) is 4.44. The standard InChI is InChI=1S/C26H22BrN/c1-18-14-26-21(17-24(18)19-8-4-2-5-9-19)15-20-16-22(27)12-13-25(20)28(26)23-10-6-3-7-11-23/h2-13,16-18H,14-15H2,1H3. The van der Waals surface area contributed by atoms with Crippen LogP contribution in [-0.4, -0.2) is 0 Å². The van der Waals surface area contributed by atoms with E-state index in [0.29, 0.717) is 5.92 Å². The van der Waals surface area contributed by atoms with Crippen LogP contribution in [0.25, 0.3) is 5.57 Å². The average molecular weight is 428 g/mol. The van der Waals surface area contributed by atoms with E-state index in [1.807, 2.05) is 0 Å². The Bertz CT molecular complexity index is 1080. The molecule has 1 aliphatic heterocycles. The summed E-state index contributed by atoms with van der Waals surface area (Å²) < 4.78 is 1.14. The number of anilines is 2. The predicted molar refractivity (Wildman–Crippen MR) is 122 cm³/mol. The molecule has 1 heterocycles. The molecule has 3 aromatic carbocycles. The van der Waals surface area contributed by atoms with E-state index in [9.17, 15) is 0 Å². The molecule has 0 radical (unpaired) electrons. The summed E-state index contributed by atoms with van der Waals surface area (Å²) in [7, 11) is 0. The van der Waals surface area contributed by atoms with Gasteiger partial charge >= 0.3 is 0 Å². The van der Waals surface area contributed by atoms with Gasteiger partial charge in [-0.05, 0) is 64.9 Å². The highest BCUT2D eigenvalue weighted by Crippen LogP contribution is 2.46. The van der Waals surface area contributed by atoms with Crippen molar-refractivity contribution >= 4 is 32.9 Å². The Hall–Kier alpha value is -2.58. The van der Waals surface area contributed by atoms with Crippen LogP contribution in [-0.2, 0) is 6.42 Å². The van der Waals surface area contributed by atoms with E-state index in [2.05, 4.69) is 113 Å². The molecule has 0 saturated carbocycles. The summed E-state index contributed by atoms with van der Waals surface area (Å²) in [6.45, 7) is 2.35. The number of fused-ring (bicyclic) bond motifs is 1. The van der Waals surface area contributed by atoms with Gasteiger partial charge in [-0.3, -0.25) is 0 Å². The van der Waals surface area contributed by atoms with E-state index >= 15 is 0 Å². The lowest BCUT2D eigenvalue weighted by atomic mass is 9.80. The smallest absolute Gasteiger partial charge is 0.0494 e. The summed E-state index contributed by atoms with van der Waals surface area (Å²) in [5.74, 6) is 0.490. The number of rotatable bonds is 2. The minimum atomic E-state index is 0.490. The zero-order valence-electron chi connectivity index (χ0n) is 15.9. The molecule has 0 amide bonds. The molecule has 0 bridgehead atoms.